The van der Waals surface area contributed by atoms with Gasteiger partial charge in [-0.05, 0) is 33.8 Å². The van der Waals surface area contributed by atoms with E-state index in [1.807, 2.05) is 45.9 Å². The summed E-state index contributed by atoms with van der Waals surface area (Å²) in [5, 5.41) is 5.99. The molecule has 1 amide bonds. The third kappa shape index (κ3) is 1.99. The number of carbonyl (C=O) groups excluding carboxylic acids is 1. The highest BCUT2D eigenvalue weighted by atomic mass is 16.7. The highest BCUT2D eigenvalue weighted by molar-refractivity contribution is 6.64. The fourth-order valence-electron chi connectivity index (χ4n) is 2.38. The summed E-state index contributed by atoms with van der Waals surface area (Å²) in [4.78, 5) is 11.6. The van der Waals surface area contributed by atoms with Crippen LogP contribution in [0.15, 0.2) is 18.2 Å². The van der Waals surface area contributed by atoms with Gasteiger partial charge in [-0.25, -0.2) is 0 Å². The average Bonchev–Trinajstić information content (AvgIpc) is 2.57. The fourth-order valence-corrected chi connectivity index (χ4v) is 2.38. The molecule has 2 aliphatic heterocycles. The Kier molecular flexibility index (Phi) is 2.85. The molecule has 2 aliphatic rings. The van der Waals surface area contributed by atoms with Crippen LogP contribution in [0.2, 0.25) is 0 Å². The van der Waals surface area contributed by atoms with E-state index < -0.39 is 18.3 Å². The summed E-state index contributed by atoms with van der Waals surface area (Å²) in [6.07, 6.45) is 0. The van der Waals surface area contributed by atoms with Crippen LogP contribution >= 0.6 is 0 Å². The van der Waals surface area contributed by atoms with E-state index in [1.54, 1.807) is 0 Å². The second-order valence-electron chi connectivity index (χ2n) is 6.26. The van der Waals surface area contributed by atoms with Crippen LogP contribution in [-0.4, -0.2) is 30.8 Å². The number of nitrogens with one attached hydrogen (secondary N) is 2. The van der Waals surface area contributed by atoms with Crippen molar-refractivity contribution in [1.29, 1.82) is 0 Å². The Morgan fingerprint density at radius 1 is 1.15 bits per heavy atom. The first-order chi connectivity index (χ1) is 9.30. The van der Waals surface area contributed by atoms with E-state index in [2.05, 4.69) is 10.6 Å². The maximum atomic E-state index is 11.6. The summed E-state index contributed by atoms with van der Waals surface area (Å²) in [5.74, 6) is -0.0542. The van der Waals surface area contributed by atoms with Crippen LogP contribution < -0.4 is 16.1 Å². The van der Waals surface area contributed by atoms with Crippen molar-refractivity contribution in [3.8, 4) is 0 Å². The lowest BCUT2D eigenvalue weighted by atomic mass is 9.77. The number of amides is 1. The quantitative estimate of drug-likeness (QED) is 0.759. The number of fused-ring (bicyclic) bond motifs is 1. The normalized spacial score (nSPS) is 23.0. The topological polar surface area (TPSA) is 59.6 Å². The van der Waals surface area contributed by atoms with Gasteiger partial charge in [-0.1, -0.05) is 12.1 Å². The predicted molar refractivity (Wildman–Crippen MR) is 79.3 cm³/mol. The lowest BCUT2D eigenvalue weighted by molar-refractivity contribution is -0.114. The maximum absolute atomic E-state index is 11.6. The van der Waals surface area contributed by atoms with Gasteiger partial charge in [0.2, 0.25) is 5.91 Å². The van der Waals surface area contributed by atoms with Gasteiger partial charge < -0.3 is 19.9 Å². The van der Waals surface area contributed by atoms with Gasteiger partial charge in [0.05, 0.1) is 29.1 Å². The third-order valence-electron chi connectivity index (χ3n) is 4.31. The minimum Gasteiger partial charge on any atom is -0.399 e. The zero-order valence-corrected chi connectivity index (χ0v) is 12.2. The van der Waals surface area contributed by atoms with Gasteiger partial charge in [0, 0.05) is 5.46 Å². The van der Waals surface area contributed by atoms with E-state index in [4.69, 9.17) is 9.31 Å². The first-order valence-corrected chi connectivity index (χ1v) is 6.82. The van der Waals surface area contributed by atoms with Gasteiger partial charge in [0.1, 0.15) is 0 Å². The van der Waals surface area contributed by atoms with E-state index in [0.29, 0.717) is 6.54 Å². The second-order valence-corrected chi connectivity index (χ2v) is 6.26. The van der Waals surface area contributed by atoms with Crippen molar-refractivity contribution in [3.63, 3.8) is 0 Å². The summed E-state index contributed by atoms with van der Waals surface area (Å²) in [7, 11) is -0.477. The van der Waals surface area contributed by atoms with Crippen molar-refractivity contribution < 1.29 is 14.1 Å². The summed E-state index contributed by atoms with van der Waals surface area (Å²) < 4.78 is 12.1. The zero-order valence-electron chi connectivity index (χ0n) is 12.2. The summed E-state index contributed by atoms with van der Waals surface area (Å²) >= 11 is 0. The summed E-state index contributed by atoms with van der Waals surface area (Å²) in [6, 6.07) is 5.79. The van der Waals surface area contributed by atoms with Crippen molar-refractivity contribution in [2.45, 2.75) is 38.9 Å². The third-order valence-corrected chi connectivity index (χ3v) is 4.31. The minimum absolute atomic E-state index is 0.0542. The molecule has 1 fully saturated rings. The van der Waals surface area contributed by atoms with Crippen LogP contribution in [0.4, 0.5) is 11.4 Å². The Morgan fingerprint density at radius 3 is 2.45 bits per heavy atom. The SMILES string of the molecule is CC1(C)OB(c2cccc3c2NC(=O)CN3)OC1(C)C. The standard InChI is InChI=1S/C14H19BN2O3/c1-13(2)14(3,4)20-15(19-13)9-6-5-7-10-12(9)17-11(18)8-16-10/h5-7,16H,8H2,1-4H3,(H,17,18). The molecule has 2 heterocycles. The molecule has 6 heteroatoms. The molecule has 1 saturated heterocycles. The van der Waals surface area contributed by atoms with Crippen LogP contribution in [0.1, 0.15) is 27.7 Å². The zero-order chi connectivity index (χ0) is 14.5. The Morgan fingerprint density at radius 2 is 1.80 bits per heavy atom. The first kappa shape index (κ1) is 13.5. The Bertz CT molecular complexity index is 556. The molecule has 1 aromatic rings. The van der Waals surface area contributed by atoms with Crippen molar-refractivity contribution >= 4 is 29.9 Å². The van der Waals surface area contributed by atoms with Gasteiger partial charge in [-0.3, -0.25) is 4.79 Å². The number of hydrogen-bond donors (Lipinski definition) is 2. The van der Waals surface area contributed by atoms with Crippen molar-refractivity contribution in [2.75, 3.05) is 17.2 Å². The largest absolute Gasteiger partial charge is 0.497 e. The van der Waals surface area contributed by atoms with E-state index in [-0.39, 0.29) is 5.91 Å². The number of anilines is 2. The number of hydrogen-bond acceptors (Lipinski definition) is 4. The van der Waals surface area contributed by atoms with Gasteiger partial charge >= 0.3 is 7.12 Å². The fraction of sp³-hybridized carbons (Fsp3) is 0.500. The molecule has 0 bridgehead atoms. The molecule has 0 spiro atoms. The van der Waals surface area contributed by atoms with Gasteiger partial charge in [0.25, 0.3) is 0 Å². The molecule has 0 radical (unpaired) electrons. The first-order valence-electron chi connectivity index (χ1n) is 6.82. The Hall–Kier alpha value is -1.53. The van der Waals surface area contributed by atoms with Crippen LogP contribution in [0.3, 0.4) is 0 Å². The molecule has 1 aromatic carbocycles. The lowest BCUT2D eigenvalue weighted by Crippen LogP contribution is -2.41. The molecule has 0 atom stereocenters. The van der Waals surface area contributed by atoms with Gasteiger partial charge in [0.15, 0.2) is 0 Å². The Balaban J connectivity index is 1.99. The van der Waals surface area contributed by atoms with E-state index >= 15 is 0 Å². The van der Waals surface area contributed by atoms with Crippen LogP contribution in [0.25, 0.3) is 0 Å². The maximum Gasteiger partial charge on any atom is 0.497 e. The molecule has 106 valence electrons. The number of para-hydroxylation sites is 1. The van der Waals surface area contributed by atoms with Gasteiger partial charge in [-0.2, -0.15) is 0 Å². The van der Waals surface area contributed by atoms with Gasteiger partial charge in [-0.15, -0.1) is 0 Å². The van der Waals surface area contributed by atoms with E-state index in [9.17, 15) is 4.79 Å². The minimum atomic E-state index is -0.477. The molecule has 3 rings (SSSR count). The molecular formula is C14H19BN2O3. The average molecular weight is 274 g/mol. The highest BCUT2D eigenvalue weighted by Gasteiger charge is 2.52. The molecule has 0 aromatic heterocycles. The molecular weight excluding hydrogens is 255 g/mol. The summed E-state index contributed by atoms with van der Waals surface area (Å²) in [5.41, 5.74) is 1.71. The van der Waals surface area contributed by atoms with Crippen LogP contribution in [0.5, 0.6) is 0 Å². The molecule has 0 saturated carbocycles. The smallest absolute Gasteiger partial charge is 0.399 e. The second kappa shape index (κ2) is 4.23. The predicted octanol–water partition coefficient (Wildman–Crippen LogP) is 1.35. The molecule has 0 aliphatic carbocycles. The van der Waals surface area contributed by atoms with E-state index in [1.165, 1.54) is 0 Å². The van der Waals surface area contributed by atoms with E-state index in [0.717, 1.165) is 16.8 Å². The number of benzene rings is 1. The monoisotopic (exact) mass is 274 g/mol. The molecule has 2 N–H and O–H groups in total. The number of carbonyl (C=O) groups is 1. The Labute approximate surface area is 119 Å². The van der Waals surface area contributed by atoms with Crippen molar-refractivity contribution in [2.24, 2.45) is 0 Å². The van der Waals surface area contributed by atoms with Crippen molar-refractivity contribution in [1.82, 2.24) is 0 Å². The van der Waals surface area contributed by atoms with Crippen molar-refractivity contribution in [3.05, 3.63) is 18.2 Å². The number of rotatable bonds is 1. The lowest BCUT2D eigenvalue weighted by Gasteiger charge is -2.32. The van der Waals surface area contributed by atoms with Crippen LogP contribution in [-0.2, 0) is 14.1 Å². The molecule has 20 heavy (non-hydrogen) atoms. The van der Waals surface area contributed by atoms with Crippen LogP contribution in [0, 0.1) is 0 Å². The highest BCUT2D eigenvalue weighted by Crippen LogP contribution is 2.37. The summed E-state index contributed by atoms with van der Waals surface area (Å²) in [6.45, 7) is 8.34. The molecule has 0 unspecified atom stereocenters. The molecule has 5 nitrogen and oxygen atoms in total.